The zero-order valence-corrected chi connectivity index (χ0v) is 14.0. The van der Waals surface area contributed by atoms with Crippen molar-refractivity contribution in [3.8, 4) is 11.8 Å². The number of aromatic hydroxyl groups is 2. The molecule has 25 heavy (non-hydrogen) atoms. The van der Waals surface area contributed by atoms with Gasteiger partial charge in [-0.15, -0.1) is 0 Å². The molecule has 0 atom stereocenters. The Balaban J connectivity index is 2.42. The van der Waals surface area contributed by atoms with Gasteiger partial charge in [-0.25, -0.2) is 0 Å². The highest BCUT2D eigenvalue weighted by molar-refractivity contribution is 7.71. The summed E-state index contributed by atoms with van der Waals surface area (Å²) in [5, 5.41) is 20.4. The van der Waals surface area contributed by atoms with Gasteiger partial charge in [-0.2, -0.15) is 0 Å². The van der Waals surface area contributed by atoms with Gasteiger partial charge < -0.3 is 20.2 Å². The molecule has 0 amide bonds. The maximum Gasteiger partial charge on any atom is 0.259 e. The van der Waals surface area contributed by atoms with Crippen molar-refractivity contribution in [3.63, 3.8) is 0 Å². The second-order valence-electron chi connectivity index (χ2n) is 5.05. The van der Waals surface area contributed by atoms with E-state index in [1.54, 1.807) is 12.1 Å². The molecule has 0 aliphatic rings. The molecule has 0 aliphatic heterocycles. The van der Waals surface area contributed by atoms with Crippen LogP contribution in [0.1, 0.15) is 22.6 Å². The Kier molecular flexibility index (Phi) is 4.33. The van der Waals surface area contributed by atoms with E-state index < -0.39 is 28.8 Å². The molecule has 0 unspecified atom stereocenters. The Bertz CT molecular complexity index is 1090. The first-order valence-corrected chi connectivity index (χ1v) is 7.71. The van der Waals surface area contributed by atoms with E-state index in [4.69, 9.17) is 24.4 Å². The molecular formula is C14H11N5O4S2. The van der Waals surface area contributed by atoms with Gasteiger partial charge in [0.1, 0.15) is 0 Å². The average Bonchev–Trinajstić information content (AvgIpc) is 2.52. The first kappa shape index (κ1) is 16.8. The first-order chi connectivity index (χ1) is 11.9. The number of hydrogen-bond acceptors (Lipinski definition) is 7. The summed E-state index contributed by atoms with van der Waals surface area (Å²) in [6.07, 6.45) is 2.91. The van der Waals surface area contributed by atoms with Crippen LogP contribution in [0.4, 0.5) is 0 Å². The van der Waals surface area contributed by atoms with Crippen LogP contribution in [0, 0.1) is 9.54 Å². The van der Waals surface area contributed by atoms with Crippen LogP contribution in [0.15, 0.2) is 34.1 Å². The maximum absolute atomic E-state index is 12.4. The van der Waals surface area contributed by atoms with Crippen molar-refractivity contribution in [3.05, 3.63) is 71.5 Å². The van der Waals surface area contributed by atoms with Crippen molar-refractivity contribution >= 4 is 24.4 Å². The van der Waals surface area contributed by atoms with E-state index in [9.17, 15) is 19.8 Å². The summed E-state index contributed by atoms with van der Waals surface area (Å²) in [7, 11) is 0. The molecule has 0 fully saturated rings. The lowest BCUT2D eigenvalue weighted by Gasteiger charge is -2.18. The number of H-pyrrole nitrogens is 4. The van der Waals surface area contributed by atoms with E-state index in [0.29, 0.717) is 5.56 Å². The van der Waals surface area contributed by atoms with Gasteiger partial charge in [-0.1, -0.05) is 0 Å². The van der Waals surface area contributed by atoms with Crippen molar-refractivity contribution in [2.75, 3.05) is 0 Å². The van der Waals surface area contributed by atoms with Crippen molar-refractivity contribution in [2.24, 2.45) is 0 Å². The lowest BCUT2D eigenvalue weighted by molar-refractivity contribution is 0.431. The van der Waals surface area contributed by atoms with Crippen LogP contribution in [0.3, 0.4) is 0 Å². The molecule has 0 radical (unpaired) electrons. The van der Waals surface area contributed by atoms with Gasteiger partial charge in [0.2, 0.25) is 0 Å². The topological polar surface area (TPSA) is 151 Å². The smallest absolute Gasteiger partial charge is 0.259 e. The van der Waals surface area contributed by atoms with Gasteiger partial charge >= 0.3 is 0 Å². The van der Waals surface area contributed by atoms with Crippen LogP contribution >= 0.6 is 24.4 Å². The van der Waals surface area contributed by atoms with Crippen LogP contribution in [-0.2, 0) is 0 Å². The zero-order valence-electron chi connectivity index (χ0n) is 12.4. The predicted octanol–water partition coefficient (Wildman–Crippen LogP) is 1.16. The van der Waals surface area contributed by atoms with Gasteiger partial charge in [-0.3, -0.25) is 24.5 Å². The lowest BCUT2D eigenvalue weighted by atomic mass is 9.87. The molecular weight excluding hydrogens is 366 g/mol. The second kappa shape index (κ2) is 6.45. The number of nitrogens with zero attached hydrogens (tertiary/aromatic N) is 1. The number of hydrogen-bond donors (Lipinski definition) is 6. The summed E-state index contributed by atoms with van der Waals surface area (Å²) in [5.41, 5.74) is -1.35. The van der Waals surface area contributed by atoms with E-state index in [0.717, 1.165) is 0 Å². The SMILES string of the molecule is O=c1[nH]c(=S)[nH]c(O)c1C(c1ccncc1)c1c(O)[nH]c(=S)[nH]c1=O. The standard InChI is InChI=1S/C14H11N5O4S2/c20-9-7(10(21)17-13(24)16-9)6(5-1-3-15-4-2-5)8-11(22)18-14(25)19-12(8)23/h1-4,6H,(H3,16,17,20,21,24)(H3,18,19,22,23,25). The maximum atomic E-state index is 12.4. The average molecular weight is 377 g/mol. The van der Waals surface area contributed by atoms with Gasteiger partial charge in [0.05, 0.1) is 17.0 Å². The number of pyridine rings is 1. The Labute approximate surface area is 149 Å². The lowest BCUT2D eigenvalue weighted by Crippen LogP contribution is -2.25. The molecule has 3 aromatic rings. The summed E-state index contributed by atoms with van der Waals surface area (Å²) >= 11 is 9.63. The highest BCUT2D eigenvalue weighted by Crippen LogP contribution is 2.34. The fraction of sp³-hybridized carbons (Fsp3) is 0.0714. The molecule has 3 heterocycles. The third-order valence-corrected chi connectivity index (χ3v) is 3.94. The minimum absolute atomic E-state index is 0.0784. The molecule has 0 saturated heterocycles. The minimum atomic E-state index is -1.10. The van der Waals surface area contributed by atoms with E-state index in [2.05, 4.69) is 24.9 Å². The zero-order chi connectivity index (χ0) is 18.1. The van der Waals surface area contributed by atoms with Crippen molar-refractivity contribution in [1.29, 1.82) is 0 Å². The van der Waals surface area contributed by atoms with Crippen LogP contribution in [0.2, 0.25) is 0 Å². The van der Waals surface area contributed by atoms with Crippen molar-refractivity contribution in [1.82, 2.24) is 24.9 Å². The van der Waals surface area contributed by atoms with Gasteiger partial charge in [0.25, 0.3) is 11.1 Å². The van der Waals surface area contributed by atoms with Crippen LogP contribution in [-0.4, -0.2) is 35.1 Å². The monoisotopic (exact) mass is 377 g/mol. The summed E-state index contributed by atoms with van der Waals surface area (Å²) in [6, 6.07) is 3.09. The highest BCUT2D eigenvalue weighted by atomic mass is 32.1. The van der Waals surface area contributed by atoms with E-state index in [-0.39, 0.29) is 20.7 Å². The first-order valence-electron chi connectivity index (χ1n) is 6.89. The fourth-order valence-corrected chi connectivity index (χ4v) is 2.92. The fourth-order valence-electron chi connectivity index (χ4n) is 2.54. The summed E-state index contributed by atoms with van der Waals surface area (Å²) < 4.78 is -0.157. The molecule has 9 nitrogen and oxygen atoms in total. The molecule has 3 rings (SSSR count). The summed E-state index contributed by atoms with van der Waals surface area (Å²) in [4.78, 5) is 38.2. The summed E-state index contributed by atoms with van der Waals surface area (Å²) in [5.74, 6) is -2.14. The Morgan fingerprint density at radius 2 is 1.28 bits per heavy atom. The third-order valence-electron chi connectivity index (χ3n) is 3.53. The van der Waals surface area contributed by atoms with E-state index >= 15 is 0 Å². The largest absolute Gasteiger partial charge is 0.494 e. The van der Waals surface area contributed by atoms with Crippen LogP contribution in [0.5, 0.6) is 11.8 Å². The normalized spacial score (nSPS) is 10.9. The number of rotatable bonds is 3. The highest BCUT2D eigenvalue weighted by Gasteiger charge is 2.29. The van der Waals surface area contributed by atoms with E-state index in [1.807, 2.05) is 0 Å². The molecule has 11 heteroatoms. The quantitative estimate of drug-likeness (QED) is 0.375. The van der Waals surface area contributed by atoms with Crippen molar-refractivity contribution < 1.29 is 10.2 Å². The molecule has 6 N–H and O–H groups in total. The van der Waals surface area contributed by atoms with Crippen LogP contribution in [0.25, 0.3) is 0 Å². The predicted molar refractivity (Wildman–Crippen MR) is 93.0 cm³/mol. The minimum Gasteiger partial charge on any atom is -0.494 e. The molecule has 0 bridgehead atoms. The Hall–Kier alpha value is -3.05. The molecule has 0 saturated carbocycles. The Morgan fingerprint density at radius 1 is 0.840 bits per heavy atom. The second-order valence-corrected chi connectivity index (χ2v) is 5.87. The molecule has 128 valence electrons. The van der Waals surface area contributed by atoms with E-state index in [1.165, 1.54) is 12.4 Å². The Morgan fingerprint density at radius 3 is 1.68 bits per heavy atom. The van der Waals surface area contributed by atoms with Crippen molar-refractivity contribution in [2.45, 2.75) is 5.92 Å². The van der Waals surface area contributed by atoms with Crippen LogP contribution < -0.4 is 11.1 Å². The molecule has 3 aromatic heterocycles. The molecule has 0 spiro atoms. The number of nitrogens with one attached hydrogen (secondary N) is 4. The number of aromatic nitrogens is 5. The molecule has 0 aliphatic carbocycles. The summed E-state index contributed by atoms with van der Waals surface area (Å²) in [6.45, 7) is 0. The van der Waals surface area contributed by atoms with Gasteiger partial charge in [0.15, 0.2) is 21.3 Å². The van der Waals surface area contributed by atoms with Gasteiger partial charge in [0, 0.05) is 12.4 Å². The third kappa shape index (κ3) is 3.14. The van der Waals surface area contributed by atoms with Gasteiger partial charge in [-0.05, 0) is 42.1 Å². The molecule has 0 aromatic carbocycles. The number of aromatic amines is 4.